The van der Waals surface area contributed by atoms with Gasteiger partial charge in [-0.1, -0.05) is 0 Å². The molecule has 1 atom stereocenters. The molecule has 0 saturated carbocycles. The zero-order chi connectivity index (χ0) is 12.3. The Balaban J connectivity index is 2.59. The molecule has 0 aliphatic heterocycles. The molecule has 0 aliphatic carbocycles. The van der Waals surface area contributed by atoms with Crippen LogP contribution >= 0.6 is 11.3 Å². The minimum absolute atomic E-state index is 0.172. The predicted octanol–water partition coefficient (Wildman–Crippen LogP) is 3.00. The zero-order valence-corrected chi connectivity index (χ0v) is 11.5. The molecule has 0 fully saturated rings. The fourth-order valence-corrected chi connectivity index (χ4v) is 2.52. The molecule has 92 valence electrons. The van der Waals surface area contributed by atoms with Gasteiger partial charge in [-0.05, 0) is 40.5 Å². The Hall–Kier alpha value is -0.450. The van der Waals surface area contributed by atoms with E-state index in [0.29, 0.717) is 6.42 Å². The van der Waals surface area contributed by atoms with Gasteiger partial charge in [0.05, 0.1) is 27.3 Å². The molecule has 16 heavy (non-hydrogen) atoms. The first-order chi connectivity index (χ1) is 7.35. The van der Waals surface area contributed by atoms with Crippen LogP contribution in [0.25, 0.3) is 0 Å². The maximum atomic E-state index is 10.1. The highest BCUT2D eigenvalue weighted by Crippen LogP contribution is 2.30. The molecule has 0 saturated heterocycles. The van der Waals surface area contributed by atoms with Gasteiger partial charge >= 0.3 is 0 Å². The van der Waals surface area contributed by atoms with Crippen molar-refractivity contribution < 1.29 is 9.84 Å². The van der Waals surface area contributed by atoms with Crippen molar-refractivity contribution in [1.29, 1.82) is 0 Å². The van der Waals surface area contributed by atoms with E-state index in [1.165, 1.54) is 0 Å². The Morgan fingerprint density at radius 1 is 1.44 bits per heavy atom. The third-order valence-electron chi connectivity index (χ3n) is 2.81. The van der Waals surface area contributed by atoms with Gasteiger partial charge in [0.1, 0.15) is 0 Å². The standard InChI is InChI=1S/C12H21NO2S/c1-8-11(16-9(2)13-8)10(14)6-7-12(3,4)15-5/h10,14H,6-7H2,1-5H3. The molecule has 1 heterocycles. The molecule has 1 aromatic heterocycles. The second-order valence-corrected chi connectivity index (χ2v) is 5.94. The second kappa shape index (κ2) is 5.25. The summed E-state index contributed by atoms with van der Waals surface area (Å²) < 4.78 is 5.34. The highest BCUT2D eigenvalue weighted by Gasteiger charge is 2.21. The fraction of sp³-hybridized carbons (Fsp3) is 0.750. The van der Waals surface area contributed by atoms with Crippen LogP contribution in [-0.4, -0.2) is 22.8 Å². The summed E-state index contributed by atoms with van der Waals surface area (Å²) in [6.45, 7) is 7.98. The largest absolute Gasteiger partial charge is 0.388 e. The minimum Gasteiger partial charge on any atom is -0.388 e. The van der Waals surface area contributed by atoms with Crippen LogP contribution in [0.3, 0.4) is 0 Å². The molecule has 0 bridgehead atoms. The van der Waals surface area contributed by atoms with Gasteiger partial charge in [-0.25, -0.2) is 4.98 Å². The van der Waals surface area contributed by atoms with Crippen LogP contribution in [0, 0.1) is 13.8 Å². The van der Waals surface area contributed by atoms with Gasteiger partial charge in [0.2, 0.25) is 0 Å². The van der Waals surface area contributed by atoms with E-state index < -0.39 is 6.10 Å². The van der Waals surface area contributed by atoms with Crippen LogP contribution in [-0.2, 0) is 4.74 Å². The summed E-state index contributed by atoms with van der Waals surface area (Å²) >= 11 is 1.58. The van der Waals surface area contributed by atoms with Crippen molar-refractivity contribution in [2.45, 2.75) is 52.2 Å². The first-order valence-corrected chi connectivity index (χ1v) is 6.34. The van der Waals surface area contributed by atoms with E-state index in [2.05, 4.69) is 4.98 Å². The quantitative estimate of drug-likeness (QED) is 0.864. The smallest absolute Gasteiger partial charge is 0.0901 e. The lowest BCUT2D eigenvalue weighted by atomic mass is 9.99. The summed E-state index contributed by atoms with van der Waals surface area (Å²) in [5, 5.41) is 11.1. The number of nitrogens with zero attached hydrogens (tertiary/aromatic N) is 1. The number of methoxy groups -OCH3 is 1. The normalized spacial score (nSPS) is 14.1. The van der Waals surface area contributed by atoms with E-state index in [9.17, 15) is 5.11 Å². The molecule has 1 rings (SSSR count). The molecular formula is C12H21NO2S. The van der Waals surface area contributed by atoms with Crippen LogP contribution in [0.4, 0.5) is 0 Å². The number of hydrogen-bond donors (Lipinski definition) is 1. The number of ether oxygens (including phenoxy) is 1. The summed E-state index contributed by atoms with van der Waals surface area (Å²) in [6.07, 6.45) is 1.13. The monoisotopic (exact) mass is 243 g/mol. The molecule has 1 aromatic rings. The minimum atomic E-state index is -0.416. The van der Waals surface area contributed by atoms with Crippen LogP contribution in [0.2, 0.25) is 0 Å². The molecule has 1 N–H and O–H groups in total. The van der Waals surface area contributed by atoms with Crippen molar-refractivity contribution in [2.75, 3.05) is 7.11 Å². The SMILES string of the molecule is COC(C)(C)CCC(O)c1sc(C)nc1C. The van der Waals surface area contributed by atoms with Crippen LogP contribution in [0.15, 0.2) is 0 Å². The molecule has 1 unspecified atom stereocenters. The average molecular weight is 243 g/mol. The molecule has 0 spiro atoms. The van der Waals surface area contributed by atoms with Crippen molar-refractivity contribution in [3.63, 3.8) is 0 Å². The number of aliphatic hydroxyl groups is 1. The zero-order valence-electron chi connectivity index (χ0n) is 10.7. The first kappa shape index (κ1) is 13.6. The Labute approximate surface area is 101 Å². The molecule has 0 aromatic carbocycles. The molecule has 0 amide bonds. The molecular weight excluding hydrogens is 222 g/mol. The summed E-state index contributed by atoms with van der Waals surface area (Å²) in [6, 6.07) is 0. The lowest BCUT2D eigenvalue weighted by Gasteiger charge is -2.23. The van der Waals surface area contributed by atoms with Gasteiger partial charge in [-0.15, -0.1) is 11.3 Å². The topological polar surface area (TPSA) is 42.4 Å². The lowest BCUT2D eigenvalue weighted by Crippen LogP contribution is -2.23. The van der Waals surface area contributed by atoms with E-state index in [1.807, 2.05) is 27.7 Å². The van der Waals surface area contributed by atoms with Gasteiger partial charge in [0.25, 0.3) is 0 Å². The predicted molar refractivity (Wildman–Crippen MR) is 66.9 cm³/mol. The molecule has 4 heteroatoms. The average Bonchev–Trinajstić information content (AvgIpc) is 2.54. The molecule has 0 aliphatic rings. The van der Waals surface area contributed by atoms with Crippen molar-refractivity contribution >= 4 is 11.3 Å². The summed E-state index contributed by atoms with van der Waals surface area (Å²) in [4.78, 5) is 5.31. The highest BCUT2D eigenvalue weighted by molar-refractivity contribution is 7.11. The van der Waals surface area contributed by atoms with Gasteiger partial charge in [0.15, 0.2) is 0 Å². The maximum Gasteiger partial charge on any atom is 0.0901 e. The van der Waals surface area contributed by atoms with Gasteiger partial charge in [-0.3, -0.25) is 0 Å². The second-order valence-electron chi connectivity index (χ2n) is 4.70. The van der Waals surface area contributed by atoms with Gasteiger partial charge in [0, 0.05) is 7.11 Å². The fourth-order valence-electron chi connectivity index (χ4n) is 1.57. The third kappa shape index (κ3) is 3.54. The van der Waals surface area contributed by atoms with E-state index >= 15 is 0 Å². The Morgan fingerprint density at radius 3 is 2.50 bits per heavy atom. The van der Waals surface area contributed by atoms with E-state index in [-0.39, 0.29) is 5.60 Å². The number of thiazole rings is 1. The number of rotatable bonds is 5. The van der Waals surface area contributed by atoms with E-state index in [0.717, 1.165) is 22.0 Å². The van der Waals surface area contributed by atoms with Crippen molar-refractivity contribution in [2.24, 2.45) is 0 Å². The van der Waals surface area contributed by atoms with Crippen molar-refractivity contribution in [3.05, 3.63) is 15.6 Å². The highest BCUT2D eigenvalue weighted by atomic mass is 32.1. The van der Waals surface area contributed by atoms with Crippen LogP contribution in [0.1, 0.15) is 48.4 Å². The van der Waals surface area contributed by atoms with Gasteiger partial charge < -0.3 is 9.84 Å². The van der Waals surface area contributed by atoms with Crippen molar-refractivity contribution in [1.82, 2.24) is 4.98 Å². The number of aryl methyl sites for hydroxylation is 2. The number of hydrogen-bond acceptors (Lipinski definition) is 4. The van der Waals surface area contributed by atoms with Crippen LogP contribution < -0.4 is 0 Å². The Morgan fingerprint density at radius 2 is 2.06 bits per heavy atom. The van der Waals surface area contributed by atoms with E-state index in [4.69, 9.17) is 4.74 Å². The molecule has 3 nitrogen and oxygen atoms in total. The van der Waals surface area contributed by atoms with Crippen LogP contribution in [0.5, 0.6) is 0 Å². The Bertz CT molecular complexity index is 347. The molecule has 0 radical (unpaired) electrons. The number of aromatic nitrogens is 1. The Kier molecular flexibility index (Phi) is 4.47. The van der Waals surface area contributed by atoms with Gasteiger partial charge in [-0.2, -0.15) is 0 Å². The lowest BCUT2D eigenvalue weighted by molar-refractivity contribution is 0.00302. The third-order valence-corrected chi connectivity index (χ3v) is 3.99. The summed E-state index contributed by atoms with van der Waals surface area (Å²) in [7, 11) is 1.70. The first-order valence-electron chi connectivity index (χ1n) is 5.53. The van der Waals surface area contributed by atoms with E-state index in [1.54, 1.807) is 18.4 Å². The summed E-state index contributed by atoms with van der Waals surface area (Å²) in [5.41, 5.74) is 0.777. The maximum absolute atomic E-state index is 10.1. The number of aliphatic hydroxyl groups excluding tert-OH is 1. The summed E-state index contributed by atoms with van der Waals surface area (Å²) in [5.74, 6) is 0. The van der Waals surface area contributed by atoms with Crippen molar-refractivity contribution in [3.8, 4) is 0 Å².